The van der Waals surface area contributed by atoms with E-state index in [1.54, 1.807) is 6.20 Å². The third-order valence-corrected chi connectivity index (χ3v) is 2.73. The van der Waals surface area contributed by atoms with Crippen LogP contribution in [0.2, 0.25) is 0 Å². The summed E-state index contributed by atoms with van der Waals surface area (Å²) in [5, 5.41) is 9.28. The molecule has 0 unspecified atom stereocenters. The van der Waals surface area contributed by atoms with Gasteiger partial charge in [0.25, 0.3) is 0 Å². The second-order valence-electron chi connectivity index (χ2n) is 4.58. The van der Waals surface area contributed by atoms with E-state index in [1.165, 1.54) is 0 Å². The fraction of sp³-hybridized carbons (Fsp3) is 0.357. The molecule has 0 bridgehead atoms. The van der Waals surface area contributed by atoms with Crippen LogP contribution < -0.4 is 0 Å². The maximum atomic E-state index is 9.28. The summed E-state index contributed by atoms with van der Waals surface area (Å²) in [6.07, 6.45) is 1.68. The van der Waals surface area contributed by atoms with Crippen molar-refractivity contribution in [1.29, 1.82) is 0 Å². The maximum absolute atomic E-state index is 9.28. The molecule has 0 aliphatic rings. The summed E-state index contributed by atoms with van der Waals surface area (Å²) >= 11 is 0. The first-order chi connectivity index (χ1) is 8.61. The van der Waals surface area contributed by atoms with Gasteiger partial charge in [-0.25, -0.2) is 15.0 Å². The topological polar surface area (TPSA) is 58.9 Å². The Morgan fingerprint density at radius 2 is 2.00 bits per heavy atom. The Bertz CT molecular complexity index is 552. The zero-order valence-electron chi connectivity index (χ0n) is 10.9. The number of hydrogen-bond acceptors (Lipinski definition) is 4. The van der Waals surface area contributed by atoms with E-state index in [0.29, 0.717) is 5.82 Å². The number of aliphatic hydroxyl groups is 1. The minimum Gasteiger partial charge on any atom is -0.392 e. The standard InChI is InChI=1S/C14H17N3O/c1-9(2)13-11(8-18)7-15-14(17-13)12-6-4-5-10(3)16-12/h4-7,9,18H,8H2,1-3H3. The van der Waals surface area contributed by atoms with Crippen molar-refractivity contribution < 1.29 is 5.11 Å². The molecule has 0 radical (unpaired) electrons. The number of pyridine rings is 1. The number of nitrogens with zero attached hydrogens (tertiary/aromatic N) is 3. The first-order valence-corrected chi connectivity index (χ1v) is 6.02. The van der Waals surface area contributed by atoms with Crippen LogP contribution >= 0.6 is 0 Å². The number of aryl methyl sites for hydroxylation is 1. The summed E-state index contributed by atoms with van der Waals surface area (Å²) in [4.78, 5) is 13.2. The fourth-order valence-corrected chi connectivity index (χ4v) is 1.83. The van der Waals surface area contributed by atoms with E-state index in [4.69, 9.17) is 0 Å². The molecule has 0 atom stereocenters. The predicted octanol–water partition coefficient (Wildman–Crippen LogP) is 2.46. The normalized spacial score (nSPS) is 10.9. The van der Waals surface area contributed by atoms with Crippen molar-refractivity contribution in [3.8, 4) is 11.5 Å². The SMILES string of the molecule is Cc1cccc(-c2ncc(CO)c(C(C)C)n2)n1. The van der Waals surface area contributed by atoms with Gasteiger partial charge in [0.2, 0.25) is 0 Å². The quantitative estimate of drug-likeness (QED) is 0.899. The van der Waals surface area contributed by atoms with Crippen LogP contribution in [0.4, 0.5) is 0 Å². The molecule has 1 N–H and O–H groups in total. The zero-order chi connectivity index (χ0) is 13.1. The minimum absolute atomic E-state index is 0.0327. The highest BCUT2D eigenvalue weighted by atomic mass is 16.3. The number of hydrogen-bond donors (Lipinski definition) is 1. The van der Waals surface area contributed by atoms with Gasteiger partial charge in [0.15, 0.2) is 5.82 Å². The van der Waals surface area contributed by atoms with E-state index in [9.17, 15) is 5.11 Å². The average molecular weight is 243 g/mol. The Hall–Kier alpha value is -1.81. The van der Waals surface area contributed by atoms with Crippen LogP contribution in [0.1, 0.15) is 36.7 Å². The molecule has 2 rings (SSSR count). The molecule has 0 spiro atoms. The van der Waals surface area contributed by atoms with Gasteiger partial charge in [0, 0.05) is 17.5 Å². The van der Waals surface area contributed by atoms with E-state index < -0.39 is 0 Å². The number of rotatable bonds is 3. The van der Waals surface area contributed by atoms with Crippen molar-refractivity contribution in [2.24, 2.45) is 0 Å². The summed E-state index contributed by atoms with van der Waals surface area (Å²) in [5.74, 6) is 0.860. The Labute approximate surface area is 107 Å². The average Bonchev–Trinajstić information content (AvgIpc) is 2.38. The van der Waals surface area contributed by atoms with E-state index in [2.05, 4.69) is 28.8 Å². The van der Waals surface area contributed by atoms with Crippen molar-refractivity contribution in [2.45, 2.75) is 33.3 Å². The fourth-order valence-electron chi connectivity index (χ4n) is 1.83. The monoisotopic (exact) mass is 243 g/mol. The van der Waals surface area contributed by atoms with Gasteiger partial charge in [0.05, 0.1) is 12.3 Å². The van der Waals surface area contributed by atoms with Gasteiger partial charge in [-0.15, -0.1) is 0 Å². The third kappa shape index (κ3) is 2.54. The first-order valence-electron chi connectivity index (χ1n) is 6.02. The summed E-state index contributed by atoms with van der Waals surface area (Å²) in [6, 6.07) is 5.77. The molecule has 0 aliphatic carbocycles. The zero-order valence-corrected chi connectivity index (χ0v) is 10.9. The van der Waals surface area contributed by atoms with Crippen LogP contribution in [0.25, 0.3) is 11.5 Å². The lowest BCUT2D eigenvalue weighted by molar-refractivity contribution is 0.279. The summed E-state index contributed by atoms with van der Waals surface area (Å²) in [7, 11) is 0. The first kappa shape index (κ1) is 12.6. The Morgan fingerprint density at radius 1 is 1.22 bits per heavy atom. The molecule has 0 saturated carbocycles. The second kappa shape index (κ2) is 5.23. The second-order valence-corrected chi connectivity index (χ2v) is 4.58. The molecule has 94 valence electrons. The molecular formula is C14H17N3O. The molecular weight excluding hydrogens is 226 g/mol. The highest BCUT2D eigenvalue weighted by molar-refractivity contribution is 5.49. The summed E-state index contributed by atoms with van der Waals surface area (Å²) in [5.41, 5.74) is 3.36. The minimum atomic E-state index is -0.0327. The van der Waals surface area contributed by atoms with Crippen LogP contribution in [0, 0.1) is 6.92 Å². The van der Waals surface area contributed by atoms with E-state index in [1.807, 2.05) is 25.1 Å². The van der Waals surface area contributed by atoms with Crippen molar-refractivity contribution in [3.63, 3.8) is 0 Å². The van der Waals surface area contributed by atoms with Gasteiger partial charge in [-0.05, 0) is 25.0 Å². The molecule has 4 nitrogen and oxygen atoms in total. The molecule has 0 saturated heterocycles. The van der Waals surface area contributed by atoms with E-state index in [-0.39, 0.29) is 12.5 Å². The molecule has 0 fully saturated rings. The van der Waals surface area contributed by atoms with Gasteiger partial charge >= 0.3 is 0 Å². The summed E-state index contributed by atoms with van der Waals surface area (Å²) in [6.45, 7) is 6.01. The Morgan fingerprint density at radius 3 is 2.61 bits per heavy atom. The molecule has 2 aromatic heterocycles. The largest absolute Gasteiger partial charge is 0.392 e. The lowest BCUT2D eigenvalue weighted by Crippen LogP contribution is -2.04. The lowest BCUT2D eigenvalue weighted by Gasteiger charge is -2.11. The van der Waals surface area contributed by atoms with Crippen LogP contribution in [0.15, 0.2) is 24.4 Å². The Kier molecular flexibility index (Phi) is 3.67. The van der Waals surface area contributed by atoms with Crippen LogP contribution in [0.3, 0.4) is 0 Å². The van der Waals surface area contributed by atoms with Crippen LogP contribution in [-0.2, 0) is 6.61 Å². The van der Waals surface area contributed by atoms with Crippen molar-refractivity contribution in [1.82, 2.24) is 15.0 Å². The van der Waals surface area contributed by atoms with Gasteiger partial charge in [0.1, 0.15) is 5.69 Å². The molecule has 2 heterocycles. The maximum Gasteiger partial charge on any atom is 0.178 e. The van der Waals surface area contributed by atoms with Gasteiger partial charge in [-0.3, -0.25) is 0 Å². The number of aromatic nitrogens is 3. The smallest absolute Gasteiger partial charge is 0.178 e. The molecule has 0 aliphatic heterocycles. The van der Waals surface area contributed by atoms with E-state index in [0.717, 1.165) is 22.6 Å². The third-order valence-electron chi connectivity index (χ3n) is 2.73. The number of aliphatic hydroxyl groups excluding tert-OH is 1. The van der Waals surface area contributed by atoms with Gasteiger partial charge in [-0.2, -0.15) is 0 Å². The summed E-state index contributed by atoms with van der Waals surface area (Å²) < 4.78 is 0. The molecule has 4 heteroatoms. The van der Waals surface area contributed by atoms with Crippen molar-refractivity contribution >= 4 is 0 Å². The predicted molar refractivity (Wildman–Crippen MR) is 70.0 cm³/mol. The van der Waals surface area contributed by atoms with Gasteiger partial charge < -0.3 is 5.11 Å². The lowest BCUT2D eigenvalue weighted by atomic mass is 10.1. The van der Waals surface area contributed by atoms with Crippen molar-refractivity contribution in [2.75, 3.05) is 0 Å². The van der Waals surface area contributed by atoms with Gasteiger partial charge in [-0.1, -0.05) is 19.9 Å². The van der Waals surface area contributed by atoms with Crippen LogP contribution in [-0.4, -0.2) is 20.1 Å². The molecule has 18 heavy (non-hydrogen) atoms. The van der Waals surface area contributed by atoms with E-state index >= 15 is 0 Å². The molecule has 0 aromatic carbocycles. The molecule has 0 amide bonds. The van der Waals surface area contributed by atoms with Crippen LogP contribution in [0.5, 0.6) is 0 Å². The highest BCUT2D eigenvalue weighted by Gasteiger charge is 2.11. The van der Waals surface area contributed by atoms with Crippen molar-refractivity contribution in [3.05, 3.63) is 41.3 Å². The highest BCUT2D eigenvalue weighted by Crippen LogP contribution is 2.20. The Balaban J connectivity index is 2.50. The molecule has 2 aromatic rings.